The van der Waals surface area contributed by atoms with E-state index in [-0.39, 0.29) is 6.04 Å². The van der Waals surface area contributed by atoms with Crippen molar-refractivity contribution in [1.82, 2.24) is 0 Å². The lowest BCUT2D eigenvalue weighted by Gasteiger charge is -2.25. The molecule has 106 valence electrons. The van der Waals surface area contributed by atoms with E-state index in [2.05, 4.69) is 39.0 Å². The molecule has 1 aromatic rings. The molecule has 3 nitrogen and oxygen atoms in total. The van der Waals surface area contributed by atoms with Crippen LogP contribution in [0.1, 0.15) is 44.7 Å². The molecule has 2 rings (SSSR count). The number of halogens is 1. The summed E-state index contributed by atoms with van der Waals surface area (Å²) in [7, 11) is 0. The number of nitrogens with two attached hydrogens (primary N) is 1. The van der Waals surface area contributed by atoms with Gasteiger partial charge in [-0.1, -0.05) is 6.07 Å². The average Bonchev–Trinajstić information content (AvgIpc) is 2.50. The number of nitrogens with zero attached hydrogens (tertiary/aromatic N) is 1. The summed E-state index contributed by atoms with van der Waals surface area (Å²) in [5, 5.41) is 10.2. The Hall–Kier alpha value is -0.580. The van der Waals surface area contributed by atoms with E-state index in [1.165, 1.54) is 5.69 Å². The predicted molar refractivity (Wildman–Crippen MR) is 83.4 cm³/mol. The number of hydrogen-bond donors (Lipinski definition) is 2. The number of aliphatic hydroxyl groups is 1. The van der Waals surface area contributed by atoms with E-state index in [1.54, 1.807) is 0 Å². The zero-order valence-electron chi connectivity index (χ0n) is 11.7. The Morgan fingerprint density at radius 1 is 1.37 bits per heavy atom. The van der Waals surface area contributed by atoms with Crippen LogP contribution in [0.25, 0.3) is 0 Å². The molecule has 0 saturated carbocycles. The molecule has 0 bridgehead atoms. The van der Waals surface area contributed by atoms with Gasteiger partial charge in [0.1, 0.15) is 0 Å². The molecule has 1 fully saturated rings. The lowest BCUT2D eigenvalue weighted by molar-refractivity contribution is 0.0481. The molecule has 1 aliphatic rings. The van der Waals surface area contributed by atoms with Crippen LogP contribution in [0.3, 0.4) is 0 Å². The fourth-order valence-corrected chi connectivity index (χ4v) is 3.21. The normalized spacial score (nSPS) is 26.1. The van der Waals surface area contributed by atoms with Gasteiger partial charge in [-0.3, -0.25) is 0 Å². The average molecular weight is 327 g/mol. The van der Waals surface area contributed by atoms with Gasteiger partial charge in [0.05, 0.1) is 11.3 Å². The Bertz CT molecular complexity index is 446. The van der Waals surface area contributed by atoms with E-state index in [1.807, 2.05) is 13.8 Å². The smallest absolute Gasteiger partial charge is 0.0637 e. The van der Waals surface area contributed by atoms with Crippen molar-refractivity contribution in [3.8, 4) is 0 Å². The third kappa shape index (κ3) is 3.71. The second-order valence-corrected chi connectivity index (χ2v) is 6.69. The van der Waals surface area contributed by atoms with Gasteiger partial charge in [0.25, 0.3) is 0 Å². The molecule has 0 amide bonds. The van der Waals surface area contributed by atoms with Crippen molar-refractivity contribution in [2.24, 2.45) is 5.73 Å². The molecule has 1 aromatic carbocycles. The second kappa shape index (κ2) is 5.81. The Morgan fingerprint density at radius 3 is 2.74 bits per heavy atom. The van der Waals surface area contributed by atoms with Crippen molar-refractivity contribution in [3.05, 3.63) is 28.2 Å². The van der Waals surface area contributed by atoms with Crippen LogP contribution >= 0.6 is 15.9 Å². The topological polar surface area (TPSA) is 49.5 Å². The molecule has 2 unspecified atom stereocenters. The third-order valence-corrected chi connectivity index (χ3v) is 4.54. The Labute approximate surface area is 123 Å². The number of benzene rings is 1. The molecular formula is C15H23BrN2O. The highest BCUT2D eigenvalue weighted by molar-refractivity contribution is 9.10. The highest BCUT2D eigenvalue weighted by atomic mass is 79.9. The summed E-state index contributed by atoms with van der Waals surface area (Å²) in [4.78, 5) is 2.34. The van der Waals surface area contributed by atoms with E-state index in [0.29, 0.717) is 0 Å². The standard InChI is InChI=1S/C15H23BrN2O/c1-11(17)12-4-5-14(13(16)10-12)18-8-3-6-15(2,19)7-9-18/h4-5,10-11,19H,3,6-9,17H2,1-2H3. The van der Waals surface area contributed by atoms with Gasteiger partial charge in [-0.15, -0.1) is 0 Å². The summed E-state index contributed by atoms with van der Waals surface area (Å²) in [6.07, 6.45) is 2.71. The van der Waals surface area contributed by atoms with Gasteiger partial charge < -0.3 is 15.7 Å². The molecular weight excluding hydrogens is 304 g/mol. The monoisotopic (exact) mass is 326 g/mol. The predicted octanol–water partition coefficient (Wildman–Crippen LogP) is 3.21. The summed E-state index contributed by atoms with van der Waals surface area (Å²) in [6, 6.07) is 6.37. The fourth-order valence-electron chi connectivity index (χ4n) is 2.57. The van der Waals surface area contributed by atoms with Gasteiger partial charge in [-0.2, -0.15) is 0 Å². The number of anilines is 1. The van der Waals surface area contributed by atoms with Crippen LogP contribution in [0.4, 0.5) is 5.69 Å². The highest BCUT2D eigenvalue weighted by Crippen LogP contribution is 2.32. The molecule has 1 aliphatic heterocycles. The lowest BCUT2D eigenvalue weighted by Crippen LogP contribution is -2.28. The molecule has 0 aliphatic carbocycles. The Balaban J connectivity index is 2.18. The summed E-state index contributed by atoms with van der Waals surface area (Å²) in [6.45, 7) is 5.81. The maximum Gasteiger partial charge on any atom is 0.0637 e. The van der Waals surface area contributed by atoms with Gasteiger partial charge in [0.2, 0.25) is 0 Å². The van der Waals surface area contributed by atoms with Crippen molar-refractivity contribution in [1.29, 1.82) is 0 Å². The fraction of sp³-hybridized carbons (Fsp3) is 0.600. The summed E-state index contributed by atoms with van der Waals surface area (Å²) >= 11 is 3.65. The number of hydrogen-bond acceptors (Lipinski definition) is 3. The van der Waals surface area contributed by atoms with Crippen molar-refractivity contribution < 1.29 is 5.11 Å². The van der Waals surface area contributed by atoms with Crippen molar-refractivity contribution >= 4 is 21.6 Å². The number of rotatable bonds is 2. The maximum absolute atomic E-state index is 10.2. The minimum absolute atomic E-state index is 0.0511. The molecule has 2 atom stereocenters. The van der Waals surface area contributed by atoms with E-state index < -0.39 is 5.60 Å². The van der Waals surface area contributed by atoms with Crippen LogP contribution in [0.5, 0.6) is 0 Å². The minimum atomic E-state index is -0.521. The zero-order valence-corrected chi connectivity index (χ0v) is 13.3. The molecule has 0 spiro atoms. The molecule has 1 heterocycles. The van der Waals surface area contributed by atoms with Gasteiger partial charge in [-0.25, -0.2) is 0 Å². The van der Waals surface area contributed by atoms with E-state index >= 15 is 0 Å². The van der Waals surface area contributed by atoms with Crippen LogP contribution in [0.2, 0.25) is 0 Å². The highest BCUT2D eigenvalue weighted by Gasteiger charge is 2.25. The van der Waals surface area contributed by atoms with E-state index in [4.69, 9.17) is 5.73 Å². The Kier molecular flexibility index (Phi) is 4.54. The van der Waals surface area contributed by atoms with E-state index in [0.717, 1.165) is 42.4 Å². The first kappa shape index (κ1) is 14.8. The van der Waals surface area contributed by atoms with Crippen molar-refractivity contribution in [2.45, 2.75) is 44.8 Å². The minimum Gasteiger partial charge on any atom is -0.390 e. The van der Waals surface area contributed by atoms with Crippen molar-refractivity contribution in [2.75, 3.05) is 18.0 Å². The van der Waals surface area contributed by atoms with Crippen LogP contribution in [-0.2, 0) is 0 Å². The van der Waals surface area contributed by atoms with Gasteiger partial charge in [-0.05, 0) is 66.7 Å². The molecule has 19 heavy (non-hydrogen) atoms. The maximum atomic E-state index is 10.2. The van der Waals surface area contributed by atoms with Crippen LogP contribution < -0.4 is 10.6 Å². The molecule has 0 radical (unpaired) electrons. The van der Waals surface area contributed by atoms with Crippen molar-refractivity contribution in [3.63, 3.8) is 0 Å². The molecule has 1 saturated heterocycles. The van der Waals surface area contributed by atoms with Crippen LogP contribution in [0, 0.1) is 0 Å². The first-order valence-corrected chi connectivity index (χ1v) is 7.71. The van der Waals surface area contributed by atoms with E-state index in [9.17, 15) is 5.11 Å². The molecule has 0 aromatic heterocycles. The van der Waals surface area contributed by atoms with Crippen LogP contribution in [-0.4, -0.2) is 23.8 Å². The first-order chi connectivity index (χ1) is 8.89. The third-order valence-electron chi connectivity index (χ3n) is 3.90. The molecule has 3 N–H and O–H groups in total. The summed E-state index contributed by atoms with van der Waals surface area (Å²) in [5.74, 6) is 0. The largest absolute Gasteiger partial charge is 0.390 e. The second-order valence-electron chi connectivity index (χ2n) is 5.84. The summed E-state index contributed by atoms with van der Waals surface area (Å²) in [5.41, 5.74) is 7.72. The van der Waals surface area contributed by atoms with Gasteiger partial charge in [0, 0.05) is 23.6 Å². The Morgan fingerprint density at radius 2 is 2.11 bits per heavy atom. The van der Waals surface area contributed by atoms with Gasteiger partial charge >= 0.3 is 0 Å². The molecule has 4 heteroatoms. The lowest BCUT2D eigenvalue weighted by atomic mass is 9.98. The van der Waals surface area contributed by atoms with Crippen LogP contribution in [0.15, 0.2) is 22.7 Å². The van der Waals surface area contributed by atoms with Gasteiger partial charge in [0.15, 0.2) is 0 Å². The quantitative estimate of drug-likeness (QED) is 0.877. The SMILES string of the molecule is CC(N)c1ccc(N2CCCC(C)(O)CC2)c(Br)c1. The zero-order chi connectivity index (χ0) is 14.0. The first-order valence-electron chi connectivity index (χ1n) is 6.91. The summed E-state index contributed by atoms with van der Waals surface area (Å²) < 4.78 is 1.09.